The molecule has 0 aliphatic carbocycles. The Hall–Kier alpha value is -1.84. The fraction of sp³-hybridized carbons (Fsp3) is 0.214. The third-order valence-corrected chi connectivity index (χ3v) is 4.24. The van der Waals surface area contributed by atoms with E-state index in [0.29, 0.717) is 21.3 Å². The van der Waals surface area contributed by atoms with Crippen LogP contribution >= 0.6 is 23.4 Å². The van der Waals surface area contributed by atoms with E-state index >= 15 is 0 Å². The van der Waals surface area contributed by atoms with Gasteiger partial charge in [-0.25, -0.2) is 4.98 Å². The molecule has 5 nitrogen and oxygen atoms in total. The van der Waals surface area contributed by atoms with Gasteiger partial charge in [-0.1, -0.05) is 35.5 Å². The Balaban J connectivity index is 2.24. The molecule has 3 rings (SSSR count). The zero-order valence-electron chi connectivity index (χ0n) is 12.0. The first-order valence-corrected chi connectivity index (χ1v) is 8.08. The Morgan fingerprint density at radius 3 is 2.75 bits per heavy atom. The quantitative estimate of drug-likeness (QED) is 0.558. The lowest BCUT2D eigenvalue weighted by Gasteiger charge is -2.09. The molecule has 1 aromatic carbocycles. The number of hydrogen-bond donors (Lipinski definition) is 1. The highest BCUT2D eigenvalue weighted by atomic mass is 35.5. The third-order valence-electron chi connectivity index (χ3n) is 3.10. The van der Waals surface area contributed by atoms with Crippen molar-refractivity contribution >= 4 is 40.0 Å². The third kappa shape index (κ3) is 3.19. The van der Waals surface area contributed by atoms with E-state index in [1.165, 1.54) is 23.9 Å². The van der Waals surface area contributed by atoms with Crippen LogP contribution in [0.4, 0.5) is 13.2 Å². The summed E-state index contributed by atoms with van der Waals surface area (Å²) in [6.45, 7) is -0.108. The molecule has 0 spiro atoms. The normalized spacial score (nSPS) is 12.7. The molecule has 0 aliphatic rings. The second kappa shape index (κ2) is 6.58. The maximum absolute atomic E-state index is 13.2. The van der Waals surface area contributed by atoms with Crippen molar-refractivity contribution in [2.24, 2.45) is 0 Å². The number of hydrogen-bond acceptors (Lipinski definition) is 5. The molecule has 0 atom stereocenters. The van der Waals surface area contributed by atoms with E-state index < -0.39 is 12.0 Å². The predicted octanol–water partition coefficient (Wildman–Crippen LogP) is 3.59. The molecule has 0 fully saturated rings. The van der Waals surface area contributed by atoms with Gasteiger partial charge in [0.2, 0.25) is 5.82 Å². The molecule has 10 heteroatoms. The maximum atomic E-state index is 13.2. The minimum absolute atomic E-state index is 0.0134. The van der Waals surface area contributed by atoms with E-state index in [9.17, 15) is 13.2 Å². The maximum Gasteiger partial charge on any atom is 0.452 e. The van der Waals surface area contributed by atoms with Gasteiger partial charge in [-0.3, -0.25) is 4.40 Å². The van der Waals surface area contributed by atoms with Crippen LogP contribution in [-0.2, 0) is 6.18 Å². The van der Waals surface area contributed by atoms with Gasteiger partial charge in [0.15, 0.2) is 5.65 Å². The van der Waals surface area contributed by atoms with Crippen LogP contribution in [-0.4, -0.2) is 37.0 Å². The van der Waals surface area contributed by atoms with Crippen LogP contribution in [0.25, 0.3) is 16.7 Å². The molecular weight excluding hydrogens is 365 g/mol. The zero-order chi connectivity index (χ0) is 17.3. The Morgan fingerprint density at radius 2 is 2.04 bits per heavy atom. The van der Waals surface area contributed by atoms with E-state index in [0.717, 1.165) is 4.40 Å². The van der Waals surface area contributed by atoms with Gasteiger partial charge in [0, 0.05) is 10.8 Å². The van der Waals surface area contributed by atoms with Crippen LogP contribution < -0.4 is 0 Å². The number of aromatic nitrogens is 4. The largest absolute Gasteiger partial charge is 0.452 e. The molecular formula is C14H10ClF3N4OS. The highest BCUT2D eigenvalue weighted by Crippen LogP contribution is 2.33. The monoisotopic (exact) mass is 374 g/mol. The Bertz CT molecular complexity index is 926. The fourth-order valence-electron chi connectivity index (χ4n) is 2.13. The number of halogens is 4. The standard InChI is InChI=1S/C14H10ClF3N4OS/c15-8-3-4-9-10(7-8)22-11(20-21-13(22)14(16,17)18)12(19-9)24-6-2-1-5-23/h1-4,7,23H,5-6H2. The Morgan fingerprint density at radius 1 is 1.25 bits per heavy atom. The Labute approximate surface area is 143 Å². The molecule has 1 N–H and O–H groups in total. The van der Waals surface area contributed by atoms with Gasteiger partial charge in [-0.05, 0) is 18.2 Å². The molecule has 3 aromatic rings. The number of aliphatic hydroxyl groups is 1. The van der Waals surface area contributed by atoms with Crippen LogP contribution in [0.2, 0.25) is 5.02 Å². The lowest BCUT2D eigenvalue weighted by atomic mass is 10.3. The molecule has 0 saturated heterocycles. The lowest BCUT2D eigenvalue weighted by Crippen LogP contribution is -2.11. The summed E-state index contributed by atoms with van der Waals surface area (Å²) in [6, 6.07) is 4.50. The molecule has 24 heavy (non-hydrogen) atoms. The van der Waals surface area contributed by atoms with E-state index in [1.54, 1.807) is 18.2 Å². The number of alkyl halides is 3. The fourth-order valence-corrected chi connectivity index (χ4v) is 3.11. The minimum Gasteiger partial charge on any atom is -0.392 e. The van der Waals surface area contributed by atoms with Crippen molar-refractivity contribution < 1.29 is 18.3 Å². The van der Waals surface area contributed by atoms with Gasteiger partial charge < -0.3 is 5.11 Å². The Kier molecular flexibility index (Phi) is 4.66. The number of rotatable bonds is 4. The molecule has 0 unspecified atom stereocenters. The summed E-state index contributed by atoms with van der Waals surface area (Å²) in [5, 5.41) is 16.3. The lowest BCUT2D eigenvalue weighted by molar-refractivity contribution is -0.145. The summed E-state index contributed by atoms with van der Waals surface area (Å²) in [7, 11) is 0. The molecule has 0 amide bonds. The van der Waals surface area contributed by atoms with E-state index in [4.69, 9.17) is 16.7 Å². The summed E-state index contributed by atoms with van der Waals surface area (Å²) in [6.07, 6.45) is -1.43. The van der Waals surface area contributed by atoms with Crippen molar-refractivity contribution in [1.29, 1.82) is 0 Å². The molecule has 126 valence electrons. The number of benzene rings is 1. The second-order valence-electron chi connectivity index (χ2n) is 4.70. The molecule has 0 aliphatic heterocycles. The summed E-state index contributed by atoms with van der Waals surface area (Å²) in [5.41, 5.74) is 0.551. The molecule has 0 saturated carbocycles. The van der Waals surface area contributed by atoms with E-state index in [1.807, 2.05) is 0 Å². The van der Waals surface area contributed by atoms with Crippen molar-refractivity contribution in [3.8, 4) is 0 Å². The van der Waals surface area contributed by atoms with Gasteiger partial charge in [-0.2, -0.15) is 13.2 Å². The van der Waals surface area contributed by atoms with Gasteiger partial charge in [0.05, 0.1) is 17.6 Å². The molecule has 2 heterocycles. The van der Waals surface area contributed by atoms with Crippen molar-refractivity contribution in [3.05, 3.63) is 41.2 Å². The summed E-state index contributed by atoms with van der Waals surface area (Å²) >= 11 is 7.11. The smallest absolute Gasteiger partial charge is 0.392 e. The average Bonchev–Trinajstić information content (AvgIpc) is 2.97. The minimum atomic E-state index is -4.66. The topological polar surface area (TPSA) is 63.3 Å². The number of thioether (sulfide) groups is 1. The summed E-state index contributed by atoms with van der Waals surface area (Å²) in [4.78, 5) is 4.35. The number of fused-ring (bicyclic) bond motifs is 3. The van der Waals surface area contributed by atoms with Crippen molar-refractivity contribution in [2.45, 2.75) is 11.2 Å². The van der Waals surface area contributed by atoms with Crippen LogP contribution in [0, 0.1) is 0 Å². The molecule has 2 aromatic heterocycles. The van der Waals surface area contributed by atoms with Gasteiger partial charge in [0.25, 0.3) is 0 Å². The summed E-state index contributed by atoms with van der Waals surface area (Å²) < 4.78 is 40.6. The summed E-state index contributed by atoms with van der Waals surface area (Å²) in [5.74, 6) is -0.698. The van der Waals surface area contributed by atoms with Crippen LogP contribution in [0.5, 0.6) is 0 Å². The molecule has 0 radical (unpaired) electrons. The van der Waals surface area contributed by atoms with Gasteiger partial charge in [0.1, 0.15) is 5.03 Å². The molecule has 0 bridgehead atoms. The first-order valence-electron chi connectivity index (χ1n) is 6.72. The first-order chi connectivity index (χ1) is 11.4. The van der Waals surface area contributed by atoms with Gasteiger partial charge in [-0.15, -0.1) is 10.2 Å². The second-order valence-corrected chi connectivity index (χ2v) is 6.14. The number of aliphatic hydroxyl groups excluding tert-OH is 1. The van der Waals surface area contributed by atoms with E-state index in [-0.39, 0.29) is 17.8 Å². The van der Waals surface area contributed by atoms with Gasteiger partial charge >= 0.3 is 6.18 Å². The van der Waals surface area contributed by atoms with E-state index in [2.05, 4.69) is 15.2 Å². The highest BCUT2D eigenvalue weighted by Gasteiger charge is 2.38. The van der Waals surface area contributed by atoms with Crippen molar-refractivity contribution in [2.75, 3.05) is 12.4 Å². The van der Waals surface area contributed by atoms with Crippen molar-refractivity contribution in [1.82, 2.24) is 19.6 Å². The van der Waals surface area contributed by atoms with Crippen LogP contribution in [0.3, 0.4) is 0 Å². The SMILES string of the molecule is OCC=CCSc1nc2ccc(Cl)cc2n2c(C(F)(F)F)nnc12. The zero-order valence-corrected chi connectivity index (χ0v) is 13.5. The highest BCUT2D eigenvalue weighted by molar-refractivity contribution is 7.99. The van der Waals surface area contributed by atoms with Crippen molar-refractivity contribution in [3.63, 3.8) is 0 Å². The van der Waals surface area contributed by atoms with Crippen LogP contribution in [0.15, 0.2) is 35.4 Å². The average molecular weight is 375 g/mol. The number of nitrogens with zero attached hydrogens (tertiary/aromatic N) is 4. The predicted molar refractivity (Wildman–Crippen MR) is 85.2 cm³/mol. The first kappa shape index (κ1) is 17.0. The van der Waals surface area contributed by atoms with Crippen LogP contribution in [0.1, 0.15) is 5.82 Å².